The Labute approximate surface area is 252 Å². The summed E-state index contributed by atoms with van der Waals surface area (Å²) in [5.41, 5.74) is 4.40. The Morgan fingerprint density at radius 1 is 0.907 bits per heavy atom. The number of ketones is 1. The molecule has 5 rings (SSSR count). The highest BCUT2D eigenvalue weighted by molar-refractivity contribution is 6.12. The van der Waals surface area contributed by atoms with Crippen molar-refractivity contribution in [1.82, 2.24) is 4.90 Å². The third-order valence-corrected chi connectivity index (χ3v) is 7.88. The Balaban J connectivity index is 1.50. The minimum Gasteiger partial charge on any atom is -0.457 e. The van der Waals surface area contributed by atoms with Gasteiger partial charge in [0.05, 0.1) is 0 Å². The van der Waals surface area contributed by atoms with Gasteiger partial charge < -0.3 is 14.3 Å². The van der Waals surface area contributed by atoms with E-state index in [-0.39, 0.29) is 25.4 Å². The largest absolute Gasteiger partial charge is 0.457 e. The van der Waals surface area contributed by atoms with E-state index in [1.54, 1.807) is 6.07 Å². The van der Waals surface area contributed by atoms with Crippen LogP contribution in [0.25, 0.3) is 11.1 Å². The van der Waals surface area contributed by atoms with Gasteiger partial charge in [-0.05, 0) is 48.9 Å². The number of Topliss-reactive ketones (excluding diaryl/α,β-unsaturated/α-hetero) is 1. The van der Waals surface area contributed by atoms with Gasteiger partial charge >= 0.3 is 6.09 Å². The summed E-state index contributed by atoms with van der Waals surface area (Å²) < 4.78 is 11.6. The van der Waals surface area contributed by atoms with Gasteiger partial charge in [0.2, 0.25) is 11.7 Å². The van der Waals surface area contributed by atoms with Gasteiger partial charge in [0.25, 0.3) is 0 Å². The lowest BCUT2D eigenvalue weighted by Crippen LogP contribution is -2.42. The first-order valence-electron chi connectivity index (χ1n) is 14.9. The zero-order valence-corrected chi connectivity index (χ0v) is 24.4. The van der Waals surface area contributed by atoms with E-state index in [9.17, 15) is 14.4 Å². The molecule has 7 heteroatoms. The number of aliphatic hydroxyl groups excluding tert-OH is 1. The number of rotatable bonds is 13. The van der Waals surface area contributed by atoms with Gasteiger partial charge in [-0.25, -0.2) is 9.69 Å². The Morgan fingerprint density at radius 3 is 2.35 bits per heavy atom. The van der Waals surface area contributed by atoms with Gasteiger partial charge in [-0.15, -0.1) is 0 Å². The molecular weight excluding hydrogens is 542 g/mol. The summed E-state index contributed by atoms with van der Waals surface area (Å²) in [6, 6.07) is 27.7. The molecule has 1 aromatic heterocycles. The first-order chi connectivity index (χ1) is 21.0. The predicted molar refractivity (Wildman–Crippen MR) is 163 cm³/mol. The van der Waals surface area contributed by atoms with Crippen LogP contribution in [0, 0.1) is 12.8 Å². The highest BCUT2D eigenvalue weighted by atomic mass is 16.6. The van der Waals surface area contributed by atoms with Gasteiger partial charge in [0, 0.05) is 18.6 Å². The second kappa shape index (κ2) is 14.1. The summed E-state index contributed by atoms with van der Waals surface area (Å²) in [4.78, 5) is 42.4. The van der Waals surface area contributed by atoms with Crippen LogP contribution in [0.2, 0.25) is 0 Å². The Morgan fingerprint density at radius 2 is 1.63 bits per heavy atom. The van der Waals surface area contributed by atoms with Crippen LogP contribution in [-0.2, 0) is 22.4 Å². The number of cyclic esters (lactones) is 1. The fraction of sp³-hybridized carbons (Fsp3) is 0.306. The number of benzene rings is 3. The number of imide groups is 1. The van der Waals surface area contributed by atoms with E-state index in [2.05, 4.69) is 0 Å². The minimum absolute atomic E-state index is 0.0273. The maximum atomic E-state index is 14.3. The first kappa shape index (κ1) is 30.0. The van der Waals surface area contributed by atoms with Crippen LogP contribution in [0.4, 0.5) is 4.79 Å². The predicted octanol–water partition coefficient (Wildman–Crippen LogP) is 7.11. The van der Waals surface area contributed by atoms with E-state index >= 15 is 0 Å². The quantitative estimate of drug-likeness (QED) is 0.103. The maximum absolute atomic E-state index is 14.3. The molecule has 4 aromatic rings. The van der Waals surface area contributed by atoms with Crippen molar-refractivity contribution in [3.63, 3.8) is 0 Å². The number of amides is 2. The third kappa shape index (κ3) is 7.12. The third-order valence-electron chi connectivity index (χ3n) is 7.88. The summed E-state index contributed by atoms with van der Waals surface area (Å²) in [5.74, 6) is -1.48. The highest BCUT2D eigenvalue weighted by Gasteiger charge is 2.44. The molecule has 1 aliphatic heterocycles. The van der Waals surface area contributed by atoms with Crippen molar-refractivity contribution in [3.05, 3.63) is 119 Å². The molecule has 1 saturated heterocycles. The van der Waals surface area contributed by atoms with E-state index in [0.717, 1.165) is 58.4 Å². The molecule has 0 bridgehead atoms. The smallest absolute Gasteiger partial charge is 0.417 e. The van der Waals surface area contributed by atoms with Crippen LogP contribution in [0.3, 0.4) is 0 Å². The van der Waals surface area contributed by atoms with Crippen LogP contribution in [0.5, 0.6) is 0 Å². The van der Waals surface area contributed by atoms with Crippen molar-refractivity contribution >= 4 is 17.8 Å². The molecule has 3 aromatic carbocycles. The van der Waals surface area contributed by atoms with Gasteiger partial charge in [-0.3, -0.25) is 9.59 Å². The average molecular weight is 580 g/mol. The molecule has 2 heterocycles. The Hall–Kier alpha value is -4.49. The maximum Gasteiger partial charge on any atom is 0.417 e. The van der Waals surface area contributed by atoms with Crippen molar-refractivity contribution in [1.29, 1.82) is 0 Å². The minimum atomic E-state index is -1.19. The number of carbonyl (C=O) groups is 3. The average Bonchev–Trinajstić information content (AvgIpc) is 3.64. The number of hydrogen-bond acceptors (Lipinski definition) is 6. The zero-order chi connectivity index (χ0) is 30.2. The Bertz CT molecular complexity index is 1540. The van der Waals surface area contributed by atoms with E-state index < -0.39 is 29.7 Å². The summed E-state index contributed by atoms with van der Waals surface area (Å²) in [6.45, 7) is 2.21. The van der Waals surface area contributed by atoms with Crippen LogP contribution in [0.1, 0.15) is 64.7 Å². The Kier molecular flexibility index (Phi) is 9.84. The molecular formula is C36H37NO6. The van der Waals surface area contributed by atoms with Crippen molar-refractivity contribution in [2.24, 2.45) is 5.92 Å². The highest BCUT2D eigenvalue weighted by Crippen LogP contribution is 2.34. The number of carbonyl (C=O) groups excluding carboxylic acids is 3. The zero-order valence-electron chi connectivity index (χ0n) is 24.4. The normalized spacial score (nSPS) is 15.3. The number of furan rings is 1. The van der Waals surface area contributed by atoms with Crippen molar-refractivity contribution in [3.8, 4) is 11.1 Å². The van der Waals surface area contributed by atoms with Crippen molar-refractivity contribution in [2.75, 3.05) is 13.2 Å². The summed E-state index contributed by atoms with van der Waals surface area (Å²) >= 11 is 0. The van der Waals surface area contributed by atoms with Crippen molar-refractivity contribution in [2.45, 2.75) is 51.5 Å². The first-order valence-corrected chi connectivity index (χ1v) is 14.9. The molecule has 0 unspecified atom stereocenters. The van der Waals surface area contributed by atoms with Crippen LogP contribution < -0.4 is 0 Å². The molecule has 1 aliphatic rings. The van der Waals surface area contributed by atoms with Crippen LogP contribution in [0.15, 0.2) is 95.4 Å². The number of aliphatic hydroxyl groups is 1. The lowest BCUT2D eigenvalue weighted by molar-refractivity contribution is -0.132. The second-order valence-electron chi connectivity index (χ2n) is 11.0. The number of ether oxygens (including phenoxy) is 1. The second-order valence-corrected chi connectivity index (χ2v) is 11.0. The molecule has 0 radical (unpaired) electrons. The number of hydrogen-bond donors (Lipinski definition) is 1. The number of unbranched alkanes of at least 4 members (excludes halogenated alkanes) is 3. The molecule has 2 amide bonds. The molecule has 222 valence electrons. The van der Waals surface area contributed by atoms with Crippen molar-refractivity contribution < 1.29 is 28.6 Å². The summed E-state index contributed by atoms with van der Waals surface area (Å²) in [7, 11) is 0. The summed E-state index contributed by atoms with van der Waals surface area (Å²) in [6.07, 6.45) is 3.39. The molecule has 0 saturated carbocycles. The van der Waals surface area contributed by atoms with Gasteiger partial charge in [-0.1, -0.05) is 103 Å². The van der Waals surface area contributed by atoms with E-state index in [1.165, 1.54) is 0 Å². The van der Waals surface area contributed by atoms with Gasteiger partial charge in [-0.2, -0.15) is 0 Å². The number of aryl methyl sites for hydroxylation is 2. The fourth-order valence-electron chi connectivity index (χ4n) is 5.61. The summed E-state index contributed by atoms with van der Waals surface area (Å²) in [5, 5.41) is 9.13. The molecule has 2 atom stereocenters. The molecule has 7 nitrogen and oxygen atoms in total. The molecule has 1 fully saturated rings. The molecule has 43 heavy (non-hydrogen) atoms. The lowest BCUT2D eigenvalue weighted by atomic mass is 9.91. The molecule has 0 aliphatic carbocycles. The standard InChI is InChI=1S/C36H37NO6/c1-25-13-12-18-28(21-25)29-23-33(43-32(29)19-10-2-3-11-20-38)34(39)30(22-26-14-6-4-7-15-26)35(40)37-31(24-42-36(37)41)27-16-8-5-9-17-27/h4-9,12-18,21,23,30-31,38H,2-3,10-11,19-20,22,24H2,1H3/t30-,31-/m0/s1. The topological polar surface area (TPSA) is 97.1 Å². The van der Waals surface area contributed by atoms with Crippen LogP contribution in [-0.4, -0.2) is 41.0 Å². The van der Waals surface area contributed by atoms with E-state index in [0.29, 0.717) is 12.2 Å². The van der Waals surface area contributed by atoms with E-state index in [4.69, 9.17) is 14.3 Å². The van der Waals surface area contributed by atoms with Gasteiger partial charge in [0.15, 0.2) is 5.76 Å². The fourth-order valence-corrected chi connectivity index (χ4v) is 5.61. The SMILES string of the molecule is Cc1cccc(-c2cc(C(=O)[C@H](Cc3ccccc3)C(=O)N3C(=O)OC[C@H]3c3ccccc3)oc2CCCCCCO)c1. The lowest BCUT2D eigenvalue weighted by Gasteiger charge is -2.24. The van der Waals surface area contributed by atoms with E-state index in [1.807, 2.05) is 91.9 Å². The monoisotopic (exact) mass is 579 g/mol. The van der Waals surface area contributed by atoms with Gasteiger partial charge in [0.1, 0.15) is 24.3 Å². The number of nitrogens with zero attached hydrogens (tertiary/aromatic N) is 1. The molecule has 0 spiro atoms. The molecule has 1 N–H and O–H groups in total. The van der Waals surface area contributed by atoms with Crippen LogP contribution >= 0.6 is 0 Å².